The van der Waals surface area contributed by atoms with E-state index >= 15 is 0 Å². The summed E-state index contributed by atoms with van der Waals surface area (Å²) in [6.45, 7) is 6.72. The smallest absolute Gasteiger partial charge is 0.293 e. The van der Waals surface area contributed by atoms with E-state index in [2.05, 4.69) is 0 Å². The van der Waals surface area contributed by atoms with Crippen LogP contribution in [0.15, 0.2) is 0 Å². The van der Waals surface area contributed by atoms with E-state index in [1.165, 1.54) is 11.9 Å². The van der Waals surface area contributed by atoms with Crippen molar-refractivity contribution in [3.8, 4) is 0 Å². The number of halogens is 3. The van der Waals surface area contributed by atoms with Gasteiger partial charge < -0.3 is 0 Å². The fourth-order valence-electron chi connectivity index (χ4n) is 1.40. The Kier molecular flexibility index (Phi) is 4.23. The van der Waals surface area contributed by atoms with Crippen LogP contribution in [0.2, 0.25) is 0 Å². The van der Waals surface area contributed by atoms with Crippen LogP contribution >= 0.6 is 0 Å². The highest BCUT2D eigenvalue weighted by Crippen LogP contribution is 2.30. The lowest BCUT2D eigenvalue weighted by Gasteiger charge is -2.35. The predicted octanol–water partition coefficient (Wildman–Crippen LogP) is 2.91. The average Bonchev–Trinajstić information content (AvgIpc) is 1.82. The molecule has 0 spiro atoms. The highest BCUT2D eigenvalue weighted by Gasteiger charge is 2.44. The first kappa shape index (κ1) is 12.8. The van der Waals surface area contributed by atoms with Crippen molar-refractivity contribution >= 4 is 0 Å². The van der Waals surface area contributed by atoms with Gasteiger partial charge >= 0.3 is 6.18 Å². The van der Waals surface area contributed by atoms with Gasteiger partial charge in [0.15, 0.2) is 0 Å². The second-order valence-electron chi connectivity index (χ2n) is 3.99. The van der Waals surface area contributed by atoms with Gasteiger partial charge in [0.25, 0.3) is 0 Å². The van der Waals surface area contributed by atoms with E-state index in [1.807, 2.05) is 0 Å². The largest absolute Gasteiger partial charge is 0.404 e. The Morgan fingerprint density at radius 3 is 1.46 bits per heavy atom. The quantitative estimate of drug-likeness (QED) is 0.672. The molecule has 0 N–H and O–H groups in total. The van der Waals surface area contributed by atoms with Crippen molar-refractivity contribution in [1.29, 1.82) is 0 Å². The third-order valence-corrected chi connectivity index (χ3v) is 2.22. The third kappa shape index (κ3) is 3.55. The molecule has 1 atom stereocenters. The molecule has 0 fully saturated rings. The number of hydrogen-bond acceptors (Lipinski definition) is 1. The normalized spacial score (nSPS) is 15.9. The van der Waals surface area contributed by atoms with Crippen molar-refractivity contribution < 1.29 is 13.2 Å². The van der Waals surface area contributed by atoms with Gasteiger partial charge in [-0.2, -0.15) is 13.2 Å². The molecule has 1 nitrogen and oxygen atoms in total. The van der Waals surface area contributed by atoms with E-state index in [-0.39, 0.29) is 6.04 Å². The number of rotatable bonds is 3. The summed E-state index contributed by atoms with van der Waals surface area (Å²) in [5.41, 5.74) is 0. The summed E-state index contributed by atoms with van der Waals surface area (Å²) >= 11 is 0. The van der Waals surface area contributed by atoms with Crippen LogP contribution in [0.4, 0.5) is 13.2 Å². The molecule has 0 amide bonds. The molecule has 0 aliphatic carbocycles. The first-order chi connectivity index (χ1) is 5.68. The minimum Gasteiger partial charge on any atom is -0.293 e. The highest BCUT2D eigenvalue weighted by atomic mass is 19.4. The van der Waals surface area contributed by atoms with E-state index in [1.54, 1.807) is 27.7 Å². The first-order valence-electron chi connectivity index (χ1n) is 4.46. The summed E-state index contributed by atoms with van der Waals surface area (Å²) < 4.78 is 37.6. The van der Waals surface area contributed by atoms with Crippen LogP contribution in [-0.2, 0) is 0 Å². The Labute approximate surface area is 77.9 Å². The average molecular weight is 197 g/mol. The number of nitrogens with zero attached hydrogens (tertiary/aromatic N) is 1. The van der Waals surface area contributed by atoms with Crippen LogP contribution < -0.4 is 0 Å². The van der Waals surface area contributed by atoms with Gasteiger partial charge in [0.05, 0.1) is 0 Å². The zero-order chi connectivity index (χ0) is 10.8. The van der Waals surface area contributed by atoms with Crippen molar-refractivity contribution in [3.05, 3.63) is 0 Å². The van der Waals surface area contributed by atoms with Crippen LogP contribution in [0.1, 0.15) is 27.7 Å². The molecule has 0 bridgehead atoms. The Bertz CT molecular complexity index is 151. The Balaban J connectivity index is 4.62. The summed E-state index contributed by atoms with van der Waals surface area (Å²) in [6.07, 6.45) is -4.13. The van der Waals surface area contributed by atoms with Crippen molar-refractivity contribution in [1.82, 2.24) is 4.90 Å². The first-order valence-corrected chi connectivity index (χ1v) is 4.46. The van der Waals surface area contributed by atoms with Crippen LogP contribution in [-0.4, -0.2) is 30.2 Å². The zero-order valence-electron chi connectivity index (χ0n) is 8.81. The van der Waals surface area contributed by atoms with Gasteiger partial charge in [0, 0.05) is 6.04 Å². The molecule has 0 aliphatic rings. The SMILES string of the molecule is CC(C)C(N(C)C(C)C)C(F)(F)F. The maximum absolute atomic E-state index is 12.5. The van der Waals surface area contributed by atoms with Crippen molar-refractivity contribution in [2.75, 3.05) is 7.05 Å². The molecule has 13 heavy (non-hydrogen) atoms. The molecule has 80 valence electrons. The molecular formula is C9H18F3N. The summed E-state index contributed by atoms with van der Waals surface area (Å²) in [5.74, 6) is -0.410. The molecule has 0 saturated carbocycles. The zero-order valence-corrected chi connectivity index (χ0v) is 8.81. The maximum Gasteiger partial charge on any atom is 0.404 e. The third-order valence-electron chi connectivity index (χ3n) is 2.22. The van der Waals surface area contributed by atoms with Gasteiger partial charge in [-0.1, -0.05) is 13.8 Å². The lowest BCUT2D eigenvalue weighted by Crippen LogP contribution is -2.49. The highest BCUT2D eigenvalue weighted by molar-refractivity contribution is 4.81. The molecule has 0 aromatic heterocycles. The van der Waals surface area contributed by atoms with Crippen LogP contribution in [0.3, 0.4) is 0 Å². The van der Waals surface area contributed by atoms with Crippen molar-refractivity contribution in [2.24, 2.45) is 5.92 Å². The maximum atomic E-state index is 12.5. The summed E-state index contributed by atoms with van der Waals surface area (Å²) in [7, 11) is 1.52. The minimum atomic E-state index is -4.13. The fraction of sp³-hybridized carbons (Fsp3) is 1.00. The predicted molar refractivity (Wildman–Crippen MR) is 47.6 cm³/mol. The lowest BCUT2D eigenvalue weighted by molar-refractivity contribution is -0.195. The molecule has 0 aromatic rings. The standard InChI is InChI=1S/C9H18F3N/c1-6(2)8(9(10,11)12)13(5)7(3)4/h6-8H,1-5H3. The van der Waals surface area contributed by atoms with Gasteiger partial charge in [-0.05, 0) is 26.8 Å². The Hall–Kier alpha value is -0.250. The molecule has 0 heterocycles. The molecule has 0 saturated heterocycles. The molecule has 0 radical (unpaired) electrons. The fourth-order valence-corrected chi connectivity index (χ4v) is 1.40. The topological polar surface area (TPSA) is 3.24 Å². The van der Waals surface area contributed by atoms with E-state index < -0.39 is 18.1 Å². The van der Waals surface area contributed by atoms with Crippen LogP contribution in [0, 0.1) is 5.92 Å². The second kappa shape index (κ2) is 4.31. The van der Waals surface area contributed by atoms with Gasteiger partial charge in [-0.15, -0.1) is 0 Å². The minimum absolute atomic E-state index is 0.0889. The molecule has 1 unspecified atom stereocenters. The molecule has 0 aromatic carbocycles. The number of hydrogen-bond donors (Lipinski definition) is 0. The van der Waals surface area contributed by atoms with E-state index in [0.717, 1.165) is 0 Å². The monoisotopic (exact) mass is 197 g/mol. The van der Waals surface area contributed by atoms with E-state index in [0.29, 0.717) is 0 Å². The van der Waals surface area contributed by atoms with Gasteiger partial charge in [-0.25, -0.2) is 0 Å². The lowest BCUT2D eigenvalue weighted by atomic mass is 10.0. The van der Waals surface area contributed by atoms with Crippen LogP contribution in [0.25, 0.3) is 0 Å². The van der Waals surface area contributed by atoms with Crippen molar-refractivity contribution in [2.45, 2.75) is 46.0 Å². The molecular weight excluding hydrogens is 179 g/mol. The van der Waals surface area contributed by atoms with Crippen LogP contribution in [0.5, 0.6) is 0 Å². The Morgan fingerprint density at radius 2 is 1.38 bits per heavy atom. The van der Waals surface area contributed by atoms with Crippen molar-refractivity contribution in [3.63, 3.8) is 0 Å². The van der Waals surface area contributed by atoms with Gasteiger partial charge in [-0.3, -0.25) is 4.90 Å². The van der Waals surface area contributed by atoms with E-state index in [4.69, 9.17) is 0 Å². The molecule has 4 heteroatoms. The van der Waals surface area contributed by atoms with Gasteiger partial charge in [0.1, 0.15) is 6.04 Å². The molecule has 0 rings (SSSR count). The second-order valence-corrected chi connectivity index (χ2v) is 3.99. The summed E-state index contributed by atoms with van der Waals surface area (Å²) in [6, 6.07) is -1.43. The Morgan fingerprint density at radius 1 is 1.00 bits per heavy atom. The van der Waals surface area contributed by atoms with Gasteiger partial charge in [0.2, 0.25) is 0 Å². The summed E-state index contributed by atoms with van der Waals surface area (Å²) in [5, 5.41) is 0. The van der Waals surface area contributed by atoms with E-state index in [9.17, 15) is 13.2 Å². The molecule has 0 aliphatic heterocycles. The number of alkyl halides is 3. The summed E-state index contributed by atoms with van der Waals surface area (Å²) in [4.78, 5) is 1.37.